The number of ether oxygens (including phenoxy) is 5. The third-order valence-corrected chi connectivity index (χ3v) is 7.37. The van der Waals surface area contributed by atoms with Crippen molar-refractivity contribution in [1.82, 2.24) is 0 Å². The molecule has 2 aromatic rings. The van der Waals surface area contributed by atoms with Gasteiger partial charge >= 0.3 is 18.3 Å². The Balaban J connectivity index is 1.40. The molecule has 1 saturated heterocycles. The molecule has 0 N–H and O–H groups in total. The number of hydrogen-bond donors (Lipinski definition) is 0. The van der Waals surface area contributed by atoms with Crippen molar-refractivity contribution in [3.05, 3.63) is 65.4 Å². The summed E-state index contributed by atoms with van der Waals surface area (Å²) in [5.41, 5.74) is -2.06. The minimum atomic E-state index is -4.92. The first-order chi connectivity index (χ1) is 20.7. The molecular weight excluding hydrogens is 618 g/mol. The number of hydrogen-bond acceptors (Lipinski definition) is 5. The van der Waals surface area contributed by atoms with Gasteiger partial charge in [0.1, 0.15) is 28.7 Å². The van der Waals surface area contributed by atoms with E-state index in [-0.39, 0.29) is 55.2 Å². The van der Waals surface area contributed by atoms with E-state index < -0.39 is 76.6 Å². The van der Waals surface area contributed by atoms with Gasteiger partial charge in [-0.05, 0) is 32.1 Å². The third-order valence-electron chi connectivity index (χ3n) is 7.37. The van der Waals surface area contributed by atoms with Gasteiger partial charge in [0.15, 0.2) is 29.9 Å². The summed E-state index contributed by atoms with van der Waals surface area (Å²) < 4.78 is 165. The van der Waals surface area contributed by atoms with E-state index in [0.29, 0.717) is 26.1 Å². The number of benzene rings is 2. The fourth-order valence-corrected chi connectivity index (χ4v) is 5.27. The third kappa shape index (κ3) is 8.09. The lowest BCUT2D eigenvalue weighted by Gasteiger charge is -2.39. The Kier molecular flexibility index (Phi) is 10.6. The molecule has 44 heavy (non-hydrogen) atoms. The molecule has 0 atom stereocenters. The molecule has 0 aromatic heterocycles. The molecule has 15 heteroatoms. The summed E-state index contributed by atoms with van der Waals surface area (Å²) in [5, 5.41) is 0. The van der Waals surface area contributed by atoms with E-state index in [1.165, 1.54) is 0 Å². The summed E-state index contributed by atoms with van der Waals surface area (Å²) in [7, 11) is 0. The Morgan fingerprint density at radius 3 is 1.86 bits per heavy atom. The molecule has 0 radical (unpaired) electrons. The van der Waals surface area contributed by atoms with Gasteiger partial charge in [0.05, 0.1) is 19.1 Å². The molecule has 0 spiro atoms. The second-order valence-electron chi connectivity index (χ2n) is 10.6. The van der Waals surface area contributed by atoms with E-state index in [1.54, 1.807) is 0 Å². The van der Waals surface area contributed by atoms with Crippen molar-refractivity contribution < 1.29 is 67.6 Å². The highest BCUT2D eigenvalue weighted by molar-refractivity contribution is 5.37. The normalized spacial score (nSPS) is 22.8. The number of halogens is 10. The van der Waals surface area contributed by atoms with Gasteiger partial charge in [-0.1, -0.05) is 13.3 Å². The van der Waals surface area contributed by atoms with Gasteiger partial charge in [-0.3, -0.25) is 0 Å². The summed E-state index contributed by atoms with van der Waals surface area (Å²) in [4.78, 5) is 0. The fourth-order valence-electron chi connectivity index (χ4n) is 5.27. The number of rotatable bonds is 11. The molecule has 2 aromatic carbocycles. The highest BCUT2D eigenvalue weighted by Gasteiger charge is 2.47. The van der Waals surface area contributed by atoms with Crippen LogP contribution >= 0.6 is 0 Å². The van der Waals surface area contributed by atoms with Gasteiger partial charge in [0, 0.05) is 36.1 Å². The van der Waals surface area contributed by atoms with Crippen LogP contribution in [-0.2, 0) is 15.6 Å². The van der Waals surface area contributed by atoms with Crippen molar-refractivity contribution in [3.8, 4) is 17.2 Å². The number of alkyl halides is 4. The first kappa shape index (κ1) is 33.7. The molecule has 244 valence electrons. The van der Waals surface area contributed by atoms with Gasteiger partial charge in [-0.15, -0.1) is 0 Å². The largest absolute Gasteiger partial charge is 0.453 e. The SMILES string of the molecule is CCCC1COC(C2CCC(C(F)(F)Oc3cc(F)c(C(F)(F)Oc4cc(F)c(OC=C(F)F)c(F)c4)c(F)c3)CC2)OC1. The Hall–Kier alpha value is -3.20. The van der Waals surface area contributed by atoms with E-state index >= 15 is 0 Å². The Labute approximate surface area is 245 Å². The van der Waals surface area contributed by atoms with E-state index in [0.717, 1.165) is 12.8 Å². The molecule has 4 rings (SSSR count). The molecular formula is C29H28F10O5. The van der Waals surface area contributed by atoms with Gasteiger partial charge in [0.2, 0.25) is 0 Å². The molecule has 0 bridgehead atoms. The maximum atomic E-state index is 15.0. The molecule has 5 nitrogen and oxygen atoms in total. The monoisotopic (exact) mass is 646 g/mol. The predicted molar refractivity (Wildman–Crippen MR) is 133 cm³/mol. The van der Waals surface area contributed by atoms with Crippen molar-refractivity contribution in [2.75, 3.05) is 13.2 Å². The van der Waals surface area contributed by atoms with Gasteiger partial charge in [-0.25, -0.2) is 17.6 Å². The first-order valence-corrected chi connectivity index (χ1v) is 13.7. The zero-order valence-corrected chi connectivity index (χ0v) is 23.2. The Morgan fingerprint density at radius 2 is 1.34 bits per heavy atom. The van der Waals surface area contributed by atoms with Crippen LogP contribution in [-0.4, -0.2) is 25.6 Å². The summed E-state index contributed by atoms with van der Waals surface area (Å²) in [6.45, 7) is 3.09. The predicted octanol–water partition coefficient (Wildman–Crippen LogP) is 9.06. The van der Waals surface area contributed by atoms with Crippen molar-refractivity contribution in [3.63, 3.8) is 0 Å². The average Bonchev–Trinajstić information content (AvgIpc) is 2.92. The van der Waals surface area contributed by atoms with Gasteiger partial charge in [-0.2, -0.15) is 26.3 Å². The Morgan fingerprint density at radius 1 is 0.818 bits per heavy atom. The lowest BCUT2D eigenvalue weighted by Crippen LogP contribution is -2.42. The van der Waals surface area contributed by atoms with Gasteiger partial charge < -0.3 is 23.7 Å². The minimum absolute atomic E-state index is 0.0236. The van der Waals surface area contributed by atoms with Crippen LogP contribution in [0.1, 0.15) is 51.0 Å². The fraction of sp³-hybridized carbons (Fsp3) is 0.517. The topological polar surface area (TPSA) is 46.2 Å². The minimum Gasteiger partial charge on any atom is -0.453 e. The Bertz CT molecular complexity index is 1270. The smallest absolute Gasteiger partial charge is 0.432 e. The molecule has 2 aliphatic rings. The maximum absolute atomic E-state index is 15.0. The van der Waals surface area contributed by atoms with Crippen molar-refractivity contribution >= 4 is 0 Å². The average molecular weight is 647 g/mol. The summed E-state index contributed by atoms with van der Waals surface area (Å²) in [6, 6.07) is 0.381. The summed E-state index contributed by atoms with van der Waals surface area (Å²) >= 11 is 0. The van der Waals surface area contributed by atoms with E-state index in [1.807, 2.05) is 6.92 Å². The van der Waals surface area contributed by atoms with Crippen LogP contribution in [0.25, 0.3) is 0 Å². The lowest BCUT2D eigenvalue weighted by atomic mass is 9.80. The van der Waals surface area contributed by atoms with Crippen molar-refractivity contribution in [2.24, 2.45) is 17.8 Å². The molecule has 1 aliphatic heterocycles. The van der Waals surface area contributed by atoms with Crippen LogP contribution in [0.2, 0.25) is 0 Å². The summed E-state index contributed by atoms with van der Waals surface area (Å²) in [5.74, 6) is -12.6. The van der Waals surface area contributed by atoms with E-state index in [9.17, 15) is 43.9 Å². The summed E-state index contributed by atoms with van der Waals surface area (Å²) in [6.07, 6.45) is -9.60. The molecule has 1 aliphatic carbocycles. The van der Waals surface area contributed by atoms with Crippen molar-refractivity contribution in [2.45, 2.75) is 64.0 Å². The zero-order valence-electron chi connectivity index (χ0n) is 23.2. The molecule has 1 heterocycles. The highest BCUT2D eigenvalue weighted by atomic mass is 19.3. The van der Waals surface area contributed by atoms with Crippen LogP contribution in [0.4, 0.5) is 43.9 Å². The second kappa shape index (κ2) is 13.8. The lowest BCUT2D eigenvalue weighted by molar-refractivity contribution is -0.247. The second-order valence-corrected chi connectivity index (χ2v) is 10.6. The standard InChI is InChI=1S/C29H28F10O5/c1-2-3-15-12-41-27(42-13-15)16-4-6-17(7-5-16)28(36,37)43-18-8-20(30)25(21(31)9-18)29(38,39)44-19-10-22(32)26(23(33)11-19)40-14-24(34)35/h8-11,14-17,27H,2-7,12-13H2,1H3. The molecule has 2 fully saturated rings. The van der Waals surface area contributed by atoms with Crippen LogP contribution in [0.15, 0.2) is 36.6 Å². The molecule has 0 unspecified atom stereocenters. The van der Waals surface area contributed by atoms with Crippen LogP contribution < -0.4 is 14.2 Å². The molecule has 0 amide bonds. The quantitative estimate of drug-likeness (QED) is 0.180. The van der Waals surface area contributed by atoms with Crippen LogP contribution in [0, 0.1) is 41.0 Å². The first-order valence-electron chi connectivity index (χ1n) is 13.7. The van der Waals surface area contributed by atoms with Crippen LogP contribution in [0.3, 0.4) is 0 Å². The van der Waals surface area contributed by atoms with E-state index in [4.69, 9.17) is 9.47 Å². The van der Waals surface area contributed by atoms with Crippen LogP contribution in [0.5, 0.6) is 17.2 Å². The zero-order chi connectivity index (χ0) is 32.2. The van der Waals surface area contributed by atoms with E-state index in [2.05, 4.69) is 14.2 Å². The highest BCUT2D eigenvalue weighted by Crippen LogP contribution is 2.44. The van der Waals surface area contributed by atoms with Gasteiger partial charge in [0.25, 0.3) is 0 Å². The molecule has 1 saturated carbocycles. The van der Waals surface area contributed by atoms with Crippen molar-refractivity contribution in [1.29, 1.82) is 0 Å². The maximum Gasteiger partial charge on any atom is 0.432 e.